The minimum atomic E-state index is -0.945. The molecule has 1 amide bonds. The maximum Gasteiger partial charge on any atom is 0.331 e. The summed E-state index contributed by atoms with van der Waals surface area (Å²) in [6.07, 6.45) is 3.23. The van der Waals surface area contributed by atoms with Crippen molar-refractivity contribution >= 4 is 23.2 Å². The molecule has 2 heterocycles. The SMILES string of the molecule is O=C(O)C1c2ccsc2CCN1C(=O)CNCC1CC1. The van der Waals surface area contributed by atoms with E-state index < -0.39 is 12.0 Å². The molecule has 1 aliphatic heterocycles. The van der Waals surface area contributed by atoms with Gasteiger partial charge in [-0.15, -0.1) is 11.3 Å². The molecule has 5 nitrogen and oxygen atoms in total. The summed E-state index contributed by atoms with van der Waals surface area (Å²) in [5, 5.41) is 14.5. The average Bonchev–Trinajstić information content (AvgIpc) is 3.12. The van der Waals surface area contributed by atoms with Crippen molar-refractivity contribution in [3.63, 3.8) is 0 Å². The number of carbonyl (C=O) groups excluding carboxylic acids is 1. The maximum absolute atomic E-state index is 12.3. The van der Waals surface area contributed by atoms with E-state index in [1.54, 1.807) is 11.3 Å². The summed E-state index contributed by atoms with van der Waals surface area (Å²) in [6, 6.07) is 1.01. The van der Waals surface area contributed by atoms with Crippen molar-refractivity contribution in [1.82, 2.24) is 10.2 Å². The Balaban J connectivity index is 1.68. The lowest BCUT2D eigenvalue weighted by molar-refractivity contribution is -0.150. The van der Waals surface area contributed by atoms with E-state index in [1.165, 1.54) is 17.7 Å². The van der Waals surface area contributed by atoms with E-state index in [4.69, 9.17) is 0 Å². The summed E-state index contributed by atoms with van der Waals surface area (Å²) in [4.78, 5) is 26.3. The number of nitrogens with one attached hydrogen (secondary N) is 1. The highest BCUT2D eigenvalue weighted by atomic mass is 32.1. The van der Waals surface area contributed by atoms with Crippen molar-refractivity contribution in [3.8, 4) is 0 Å². The van der Waals surface area contributed by atoms with Gasteiger partial charge in [0.15, 0.2) is 6.04 Å². The summed E-state index contributed by atoms with van der Waals surface area (Å²) in [5.41, 5.74) is 0.782. The van der Waals surface area contributed by atoms with Gasteiger partial charge in [-0.3, -0.25) is 4.79 Å². The lowest BCUT2D eigenvalue weighted by Crippen LogP contribution is -2.46. The smallest absolute Gasteiger partial charge is 0.331 e. The summed E-state index contributed by atoms with van der Waals surface area (Å²) < 4.78 is 0. The van der Waals surface area contributed by atoms with E-state index in [-0.39, 0.29) is 12.5 Å². The highest BCUT2D eigenvalue weighted by Crippen LogP contribution is 2.33. The molecule has 0 saturated heterocycles. The first-order valence-corrected chi connectivity index (χ1v) is 7.84. The number of aliphatic carboxylic acids is 1. The van der Waals surface area contributed by atoms with E-state index in [1.807, 2.05) is 11.4 Å². The Morgan fingerprint density at radius 3 is 2.95 bits per heavy atom. The first-order valence-electron chi connectivity index (χ1n) is 6.96. The Morgan fingerprint density at radius 2 is 2.25 bits per heavy atom. The first-order chi connectivity index (χ1) is 9.66. The minimum Gasteiger partial charge on any atom is -0.479 e. The summed E-state index contributed by atoms with van der Waals surface area (Å²) in [7, 11) is 0. The second kappa shape index (κ2) is 5.54. The normalized spacial score (nSPS) is 21.6. The molecule has 1 aromatic rings. The van der Waals surface area contributed by atoms with Gasteiger partial charge in [0.1, 0.15) is 0 Å². The van der Waals surface area contributed by atoms with E-state index >= 15 is 0 Å². The third-order valence-corrected chi connectivity index (χ3v) is 4.92. The molecule has 2 N–H and O–H groups in total. The molecule has 1 unspecified atom stereocenters. The number of rotatable bonds is 5. The molecular weight excluding hydrogens is 276 g/mol. The fourth-order valence-electron chi connectivity index (χ4n) is 2.66. The molecule has 1 aromatic heterocycles. The van der Waals surface area contributed by atoms with Crippen LogP contribution in [0, 0.1) is 5.92 Å². The molecule has 1 aliphatic carbocycles. The number of carbonyl (C=O) groups is 2. The van der Waals surface area contributed by atoms with Crippen LogP contribution in [0.2, 0.25) is 0 Å². The van der Waals surface area contributed by atoms with Crippen LogP contribution >= 0.6 is 11.3 Å². The number of amides is 1. The van der Waals surface area contributed by atoms with Crippen LogP contribution in [0.4, 0.5) is 0 Å². The van der Waals surface area contributed by atoms with Crippen molar-refractivity contribution in [2.24, 2.45) is 5.92 Å². The molecule has 20 heavy (non-hydrogen) atoms. The van der Waals surface area contributed by atoms with Crippen LogP contribution < -0.4 is 5.32 Å². The molecule has 1 saturated carbocycles. The highest BCUT2D eigenvalue weighted by Gasteiger charge is 2.36. The number of hydrogen-bond acceptors (Lipinski definition) is 4. The van der Waals surface area contributed by atoms with Crippen LogP contribution in [0.1, 0.15) is 29.3 Å². The van der Waals surface area contributed by atoms with Crippen molar-refractivity contribution < 1.29 is 14.7 Å². The predicted octanol–water partition coefficient (Wildman–Crippen LogP) is 1.26. The van der Waals surface area contributed by atoms with Crippen LogP contribution in [0.25, 0.3) is 0 Å². The van der Waals surface area contributed by atoms with Gasteiger partial charge in [-0.2, -0.15) is 0 Å². The minimum absolute atomic E-state index is 0.116. The summed E-state index contributed by atoms with van der Waals surface area (Å²) in [5.74, 6) is -0.349. The topological polar surface area (TPSA) is 69.6 Å². The fourth-order valence-corrected chi connectivity index (χ4v) is 3.56. The fraction of sp³-hybridized carbons (Fsp3) is 0.571. The van der Waals surface area contributed by atoms with Crippen molar-refractivity contribution in [2.75, 3.05) is 19.6 Å². The molecule has 0 spiro atoms. The monoisotopic (exact) mass is 294 g/mol. The van der Waals surface area contributed by atoms with Crippen molar-refractivity contribution in [1.29, 1.82) is 0 Å². The zero-order valence-corrected chi connectivity index (χ0v) is 12.0. The Morgan fingerprint density at radius 1 is 1.45 bits per heavy atom. The molecule has 0 aromatic carbocycles. The lowest BCUT2D eigenvalue weighted by atomic mass is 10.00. The molecular formula is C14H18N2O3S. The molecule has 6 heteroatoms. The number of thiophene rings is 1. The molecule has 108 valence electrons. The van der Waals surface area contributed by atoms with Gasteiger partial charge in [-0.1, -0.05) is 0 Å². The number of hydrogen-bond donors (Lipinski definition) is 2. The number of fused-ring (bicyclic) bond motifs is 1. The zero-order chi connectivity index (χ0) is 14.1. The van der Waals surface area contributed by atoms with E-state index in [9.17, 15) is 14.7 Å². The van der Waals surface area contributed by atoms with Gasteiger partial charge < -0.3 is 15.3 Å². The van der Waals surface area contributed by atoms with Gasteiger partial charge >= 0.3 is 5.97 Å². The second-order valence-electron chi connectivity index (χ2n) is 5.45. The molecule has 1 fully saturated rings. The third kappa shape index (κ3) is 2.71. The first kappa shape index (κ1) is 13.6. The molecule has 0 bridgehead atoms. The van der Waals surface area contributed by atoms with Crippen LogP contribution in [0.5, 0.6) is 0 Å². The van der Waals surface area contributed by atoms with Crippen molar-refractivity contribution in [3.05, 3.63) is 21.9 Å². The lowest BCUT2D eigenvalue weighted by Gasteiger charge is -2.33. The van der Waals surface area contributed by atoms with E-state index in [2.05, 4.69) is 5.32 Å². The van der Waals surface area contributed by atoms with Gasteiger partial charge in [-0.25, -0.2) is 4.79 Å². The van der Waals surface area contributed by atoms with Crippen LogP contribution in [-0.4, -0.2) is 41.5 Å². The number of nitrogens with zero attached hydrogens (tertiary/aromatic N) is 1. The van der Waals surface area contributed by atoms with Gasteiger partial charge in [0.2, 0.25) is 5.91 Å². The molecule has 3 rings (SSSR count). The average molecular weight is 294 g/mol. The number of carboxylic acids is 1. The molecule has 0 radical (unpaired) electrons. The van der Waals surface area contributed by atoms with Crippen LogP contribution in [-0.2, 0) is 16.0 Å². The molecule has 1 atom stereocenters. The largest absolute Gasteiger partial charge is 0.479 e. The Kier molecular flexibility index (Phi) is 3.76. The Bertz CT molecular complexity index is 524. The predicted molar refractivity (Wildman–Crippen MR) is 75.7 cm³/mol. The van der Waals surface area contributed by atoms with Gasteiger partial charge in [0.25, 0.3) is 0 Å². The van der Waals surface area contributed by atoms with Crippen LogP contribution in [0.15, 0.2) is 11.4 Å². The highest BCUT2D eigenvalue weighted by molar-refractivity contribution is 7.10. The zero-order valence-electron chi connectivity index (χ0n) is 11.2. The quantitative estimate of drug-likeness (QED) is 0.858. The Hall–Kier alpha value is -1.40. The van der Waals surface area contributed by atoms with Gasteiger partial charge in [0.05, 0.1) is 6.54 Å². The van der Waals surface area contributed by atoms with Crippen molar-refractivity contribution in [2.45, 2.75) is 25.3 Å². The van der Waals surface area contributed by atoms with E-state index in [0.29, 0.717) is 12.5 Å². The summed E-state index contributed by atoms with van der Waals surface area (Å²) in [6.45, 7) is 1.59. The van der Waals surface area contributed by atoms with E-state index in [0.717, 1.165) is 23.4 Å². The number of carboxylic acid groups (broad SMARTS) is 1. The third-order valence-electron chi connectivity index (χ3n) is 3.93. The molecule has 2 aliphatic rings. The second-order valence-corrected chi connectivity index (χ2v) is 6.45. The Labute approximate surface area is 121 Å². The maximum atomic E-state index is 12.3. The standard InChI is InChI=1S/C14H18N2O3S/c17-12(8-15-7-9-1-2-9)16-5-3-11-10(4-6-20-11)13(16)14(18)19/h4,6,9,13,15H,1-3,5,7-8H2,(H,18,19). The van der Waals surface area contributed by atoms with Gasteiger partial charge in [-0.05, 0) is 48.7 Å². The van der Waals surface area contributed by atoms with Gasteiger partial charge in [0, 0.05) is 11.4 Å². The summed E-state index contributed by atoms with van der Waals surface area (Å²) >= 11 is 1.57. The van der Waals surface area contributed by atoms with Crippen LogP contribution in [0.3, 0.4) is 0 Å².